The highest BCUT2D eigenvalue weighted by atomic mass is 32.2. The smallest absolute Gasteiger partial charge is 0.187 e. The van der Waals surface area contributed by atoms with Crippen molar-refractivity contribution in [3.63, 3.8) is 0 Å². The molecule has 0 saturated heterocycles. The van der Waals surface area contributed by atoms with Crippen molar-refractivity contribution in [3.05, 3.63) is 30.1 Å². The molecule has 0 unspecified atom stereocenters. The van der Waals surface area contributed by atoms with E-state index in [9.17, 15) is 0 Å². The van der Waals surface area contributed by atoms with Gasteiger partial charge in [-0.3, -0.25) is 4.68 Å². The van der Waals surface area contributed by atoms with Gasteiger partial charge in [0.1, 0.15) is 12.2 Å². The van der Waals surface area contributed by atoms with Gasteiger partial charge in [0.2, 0.25) is 0 Å². The lowest BCUT2D eigenvalue weighted by atomic mass is 10.2. The molecule has 2 rings (SSSR count). The van der Waals surface area contributed by atoms with E-state index >= 15 is 0 Å². The van der Waals surface area contributed by atoms with E-state index in [0.717, 1.165) is 41.7 Å². The lowest BCUT2D eigenvalue weighted by molar-refractivity contribution is 0.471. The minimum absolute atomic E-state index is 0.187. The van der Waals surface area contributed by atoms with Crippen LogP contribution >= 0.6 is 11.8 Å². The van der Waals surface area contributed by atoms with Gasteiger partial charge in [-0.25, -0.2) is 15.0 Å². The molecule has 7 heteroatoms. The molecule has 2 aromatic heterocycles. The van der Waals surface area contributed by atoms with E-state index in [0.29, 0.717) is 0 Å². The maximum atomic E-state index is 4.38. The summed E-state index contributed by atoms with van der Waals surface area (Å²) in [4.78, 5) is 13.1. The molecule has 0 aliphatic heterocycles. The van der Waals surface area contributed by atoms with Gasteiger partial charge in [-0.05, 0) is 12.8 Å². The zero-order chi connectivity index (χ0) is 15.1. The minimum atomic E-state index is 0.187. The number of nitrogens with one attached hydrogen (secondary N) is 1. The molecular weight excluding hydrogens is 284 g/mol. The molecule has 0 saturated carbocycles. The van der Waals surface area contributed by atoms with E-state index in [1.54, 1.807) is 18.1 Å². The van der Waals surface area contributed by atoms with Gasteiger partial charge >= 0.3 is 0 Å². The monoisotopic (exact) mass is 306 g/mol. The third-order valence-corrected chi connectivity index (χ3v) is 4.22. The molecule has 1 N–H and O–H groups in total. The van der Waals surface area contributed by atoms with E-state index in [1.165, 1.54) is 0 Å². The van der Waals surface area contributed by atoms with Crippen LogP contribution in [0.15, 0.2) is 23.9 Å². The summed E-state index contributed by atoms with van der Waals surface area (Å²) in [5.74, 6) is 2.01. The molecule has 0 aliphatic rings. The van der Waals surface area contributed by atoms with Crippen molar-refractivity contribution >= 4 is 11.8 Å². The third kappa shape index (κ3) is 4.50. The van der Waals surface area contributed by atoms with E-state index in [1.807, 2.05) is 24.1 Å². The van der Waals surface area contributed by atoms with E-state index in [4.69, 9.17) is 0 Å². The molecule has 0 radical (unpaired) electrons. The molecule has 114 valence electrons. The molecule has 0 bridgehead atoms. The van der Waals surface area contributed by atoms with E-state index < -0.39 is 0 Å². The van der Waals surface area contributed by atoms with Crippen LogP contribution in [0, 0.1) is 0 Å². The van der Waals surface area contributed by atoms with Crippen LogP contribution in [0.25, 0.3) is 0 Å². The fourth-order valence-electron chi connectivity index (χ4n) is 1.98. The van der Waals surface area contributed by atoms with E-state index in [2.05, 4.69) is 39.2 Å². The van der Waals surface area contributed by atoms with Crippen LogP contribution in [0.1, 0.15) is 44.1 Å². The largest absolute Gasteiger partial charge is 0.303 e. The standard InChI is InChI=1S/C14H22N6S/c1-4-6-21-14-16-8-11(9-17-14)7-15-12(5-2)13-18-10-19-20(13)3/h8-10,12,15H,4-7H2,1-3H3/t12-/m0/s1. The quantitative estimate of drug-likeness (QED) is 0.596. The summed E-state index contributed by atoms with van der Waals surface area (Å²) in [6.45, 7) is 5.01. The third-order valence-electron chi connectivity index (χ3n) is 3.14. The molecule has 0 amide bonds. The van der Waals surface area contributed by atoms with E-state index in [-0.39, 0.29) is 6.04 Å². The van der Waals surface area contributed by atoms with Crippen molar-refractivity contribution in [2.45, 2.75) is 44.4 Å². The first-order chi connectivity index (χ1) is 10.2. The van der Waals surface area contributed by atoms with Crippen LogP contribution in [-0.4, -0.2) is 30.5 Å². The summed E-state index contributed by atoms with van der Waals surface area (Å²) in [6.07, 6.45) is 7.45. The minimum Gasteiger partial charge on any atom is -0.303 e. The van der Waals surface area contributed by atoms with Crippen LogP contribution in [0.5, 0.6) is 0 Å². The second kappa shape index (κ2) is 8.09. The second-order valence-electron chi connectivity index (χ2n) is 4.81. The highest BCUT2D eigenvalue weighted by molar-refractivity contribution is 7.99. The van der Waals surface area contributed by atoms with Gasteiger partial charge in [0.15, 0.2) is 5.16 Å². The maximum Gasteiger partial charge on any atom is 0.187 e. The van der Waals surface area contributed by atoms with Crippen molar-refractivity contribution in [2.24, 2.45) is 7.05 Å². The zero-order valence-electron chi connectivity index (χ0n) is 12.8. The average Bonchev–Trinajstić information content (AvgIpc) is 2.93. The summed E-state index contributed by atoms with van der Waals surface area (Å²) in [5.41, 5.74) is 1.08. The molecule has 0 aliphatic carbocycles. The van der Waals surface area contributed by atoms with Gasteiger partial charge in [0.05, 0.1) is 6.04 Å². The Bertz CT molecular complexity index is 539. The molecule has 2 heterocycles. The average molecular weight is 306 g/mol. The normalized spacial score (nSPS) is 12.5. The highest BCUT2D eigenvalue weighted by Gasteiger charge is 2.14. The first-order valence-electron chi connectivity index (χ1n) is 7.25. The molecule has 0 fully saturated rings. The molecular formula is C14H22N6S. The van der Waals surface area contributed by atoms with Crippen LogP contribution in [0.2, 0.25) is 0 Å². The van der Waals surface area contributed by atoms with Gasteiger partial charge in [-0.15, -0.1) is 0 Å². The van der Waals surface area contributed by atoms with Gasteiger partial charge in [0.25, 0.3) is 0 Å². The second-order valence-corrected chi connectivity index (χ2v) is 5.87. The number of aromatic nitrogens is 5. The number of hydrogen-bond donors (Lipinski definition) is 1. The van der Waals surface area contributed by atoms with Gasteiger partial charge < -0.3 is 5.32 Å². The van der Waals surface area contributed by atoms with Gasteiger partial charge in [0, 0.05) is 37.3 Å². The molecule has 21 heavy (non-hydrogen) atoms. The SMILES string of the molecule is CCCSc1ncc(CN[C@@H](CC)c2ncnn2C)cn1. The number of aryl methyl sites for hydroxylation is 1. The lowest BCUT2D eigenvalue weighted by Gasteiger charge is -2.15. The van der Waals surface area contributed by atoms with Crippen LogP contribution in [0.3, 0.4) is 0 Å². The Labute approximate surface area is 129 Å². The molecule has 1 atom stereocenters. The van der Waals surface area contributed by atoms with Crippen LogP contribution < -0.4 is 5.32 Å². The van der Waals surface area contributed by atoms with Crippen molar-refractivity contribution in [1.82, 2.24) is 30.0 Å². The van der Waals surface area contributed by atoms with Crippen LogP contribution in [-0.2, 0) is 13.6 Å². The highest BCUT2D eigenvalue weighted by Crippen LogP contribution is 2.15. The van der Waals surface area contributed by atoms with Crippen LogP contribution in [0.4, 0.5) is 0 Å². The van der Waals surface area contributed by atoms with Gasteiger partial charge in [-0.1, -0.05) is 25.6 Å². The Kier molecular flexibility index (Phi) is 6.13. The molecule has 2 aromatic rings. The van der Waals surface area contributed by atoms with Crippen molar-refractivity contribution in [2.75, 3.05) is 5.75 Å². The Morgan fingerprint density at radius 2 is 2.00 bits per heavy atom. The zero-order valence-corrected chi connectivity index (χ0v) is 13.6. The number of hydrogen-bond acceptors (Lipinski definition) is 6. The fraction of sp³-hybridized carbons (Fsp3) is 0.571. The van der Waals surface area contributed by atoms with Crippen molar-refractivity contribution in [1.29, 1.82) is 0 Å². The Balaban J connectivity index is 1.91. The maximum absolute atomic E-state index is 4.38. The molecule has 0 spiro atoms. The fourth-order valence-corrected chi connectivity index (χ4v) is 2.62. The van der Waals surface area contributed by atoms with Crippen molar-refractivity contribution in [3.8, 4) is 0 Å². The summed E-state index contributed by atoms with van der Waals surface area (Å²) >= 11 is 1.69. The first-order valence-corrected chi connectivity index (χ1v) is 8.24. The molecule has 6 nitrogen and oxygen atoms in total. The van der Waals surface area contributed by atoms with Crippen molar-refractivity contribution < 1.29 is 0 Å². The Morgan fingerprint density at radius 1 is 1.24 bits per heavy atom. The number of nitrogens with zero attached hydrogens (tertiary/aromatic N) is 5. The lowest BCUT2D eigenvalue weighted by Crippen LogP contribution is -2.23. The summed E-state index contributed by atoms with van der Waals surface area (Å²) in [6, 6.07) is 0.187. The van der Waals surface area contributed by atoms with Gasteiger partial charge in [-0.2, -0.15) is 5.10 Å². The Morgan fingerprint density at radius 3 is 2.57 bits per heavy atom. The topological polar surface area (TPSA) is 68.5 Å². The summed E-state index contributed by atoms with van der Waals surface area (Å²) in [7, 11) is 1.91. The summed E-state index contributed by atoms with van der Waals surface area (Å²) in [5, 5.41) is 8.45. The number of rotatable bonds is 8. The first kappa shape index (κ1) is 15.9. The Hall–Kier alpha value is -1.47. The number of thioether (sulfide) groups is 1. The predicted molar refractivity (Wildman–Crippen MR) is 83.9 cm³/mol. The summed E-state index contributed by atoms with van der Waals surface area (Å²) < 4.78 is 1.81. The predicted octanol–water partition coefficient (Wildman–Crippen LogP) is 2.35. The molecule has 0 aromatic carbocycles.